The molecule has 0 aliphatic rings. The van der Waals surface area contributed by atoms with Crippen LogP contribution in [0.5, 0.6) is 0 Å². The van der Waals surface area contributed by atoms with Crippen LogP contribution in [0.4, 0.5) is 0 Å². The van der Waals surface area contributed by atoms with E-state index in [1.807, 2.05) is 12.1 Å². The molecule has 1 aromatic carbocycles. The molecule has 108 valence electrons. The first kappa shape index (κ1) is 16.1. The second-order valence-corrected chi connectivity index (χ2v) is 6.34. The Balaban J connectivity index is 2.52. The van der Waals surface area contributed by atoms with Gasteiger partial charge in [0.1, 0.15) is 0 Å². The summed E-state index contributed by atoms with van der Waals surface area (Å²) in [4.78, 5) is 0.314. The van der Waals surface area contributed by atoms with Crippen molar-refractivity contribution < 1.29 is 13.5 Å². The molecule has 0 aliphatic carbocycles. The molecule has 0 saturated carbocycles. The average Bonchev–Trinajstić information content (AvgIpc) is 2.39. The average molecular weight is 285 g/mol. The lowest BCUT2D eigenvalue weighted by atomic mass is 10.1. The first-order valence-corrected chi connectivity index (χ1v) is 8.28. The summed E-state index contributed by atoms with van der Waals surface area (Å²) in [5, 5.41) is 8.63. The topological polar surface area (TPSA) is 66.4 Å². The number of aliphatic hydroxyl groups is 1. The lowest BCUT2D eigenvalue weighted by Crippen LogP contribution is -2.24. The number of aryl methyl sites for hydroxylation is 1. The third-order valence-electron chi connectivity index (χ3n) is 2.90. The van der Waals surface area contributed by atoms with E-state index in [4.69, 9.17) is 5.11 Å². The van der Waals surface area contributed by atoms with Gasteiger partial charge in [-0.05, 0) is 43.4 Å². The van der Waals surface area contributed by atoms with Gasteiger partial charge in [0.15, 0.2) is 0 Å². The number of benzene rings is 1. The maximum Gasteiger partial charge on any atom is 0.240 e. The van der Waals surface area contributed by atoms with E-state index < -0.39 is 10.0 Å². The Hall–Kier alpha value is -0.910. The second kappa shape index (κ2) is 8.30. The van der Waals surface area contributed by atoms with Crippen LogP contribution in [-0.4, -0.2) is 26.7 Å². The minimum atomic E-state index is -3.39. The van der Waals surface area contributed by atoms with Crippen LogP contribution in [0.2, 0.25) is 0 Å². The highest BCUT2D eigenvalue weighted by Crippen LogP contribution is 2.11. The van der Waals surface area contributed by atoms with E-state index in [1.54, 1.807) is 12.1 Å². The normalized spacial score (nSPS) is 11.7. The summed E-state index contributed by atoms with van der Waals surface area (Å²) < 4.78 is 26.5. The van der Waals surface area contributed by atoms with E-state index in [1.165, 1.54) is 0 Å². The highest BCUT2D eigenvalue weighted by atomic mass is 32.2. The minimum Gasteiger partial charge on any atom is -0.396 e. The molecule has 2 N–H and O–H groups in total. The first-order chi connectivity index (χ1) is 9.10. The van der Waals surface area contributed by atoms with E-state index in [9.17, 15) is 8.42 Å². The van der Waals surface area contributed by atoms with Gasteiger partial charge in [0.05, 0.1) is 4.90 Å². The van der Waals surface area contributed by atoms with E-state index in [0.717, 1.165) is 31.2 Å². The summed E-state index contributed by atoms with van der Waals surface area (Å²) in [6, 6.07) is 7.04. The summed E-state index contributed by atoms with van der Waals surface area (Å²) in [6.45, 7) is 2.67. The summed E-state index contributed by atoms with van der Waals surface area (Å²) in [5.74, 6) is 0. The smallest absolute Gasteiger partial charge is 0.240 e. The fourth-order valence-corrected chi connectivity index (χ4v) is 2.90. The summed E-state index contributed by atoms with van der Waals surface area (Å²) in [5.41, 5.74) is 1.16. The summed E-state index contributed by atoms with van der Waals surface area (Å²) in [7, 11) is -3.39. The molecule has 19 heavy (non-hydrogen) atoms. The molecule has 0 unspecified atom stereocenters. The molecule has 0 aliphatic heterocycles. The third kappa shape index (κ3) is 5.72. The van der Waals surface area contributed by atoms with Gasteiger partial charge in [0.25, 0.3) is 0 Å². The van der Waals surface area contributed by atoms with Crippen molar-refractivity contribution in [2.75, 3.05) is 13.2 Å². The van der Waals surface area contributed by atoms with Gasteiger partial charge in [0, 0.05) is 13.2 Å². The van der Waals surface area contributed by atoms with Crippen molar-refractivity contribution >= 4 is 10.0 Å². The first-order valence-electron chi connectivity index (χ1n) is 6.79. The number of hydrogen-bond acceptors (Lipinski definition) is 3. The molecule has 0 heterocycles. The van der Waals surface area contributed by atoms with Gasteiger partial charge < -0.3 is 5.11 Å². The van der Waals surface area contributed by atoms with Crippen LogP contribution in [0.1, 0.15) is 38.2 Å². The zero-order chi connectivity index (χ0) is 14.1. The molecule has 5 heteroatoms. The number of nitrogens with one attached hydrogen (secondary N) is 1. The van der Waals surface area contributed by atoms with Gasteiger partial charge in [-0.25, -0.2) is 13.1 Å². The highest BCUT2D eigenvalue weighted by Gasteiger charge is 2.12. The molecule has 0 spiro atoms. The monoisotopic (exact) mass is 285 g/mol. The molecular formula is C14H23NO3S. The third-order valence-corrected chi connectivity index (χ3v) is 4.38. The lowest BCUT2D eigenvalue weighted by molar-refractivity contribution is 0.283. The van der Waals surface area contributed by atoms with E-state index in [0.29, 0.717) is 17.9 Å². The maximum atomic E-state index is 12.0. The molecule has 0 aromatic heterocycles. The van der Waals surface area contributed by atoms with Crippen LogP contribution in [0, 0.1) is 0 Å². The van der Waals surface area contributed by atoms with Gasteiger partial charge in [-0.3, -0.25) is 0 Å². The van der Waals surface area contributed by atoms with Crippen molar-refractivity contribution in [3.05, 3.63) is 29.8 Å². The molecule has 0 atom stereocenters. The van der Waals surface area contributed by atoms with Crippen LogP contribution in [0.3, 0.4) is 0 Å². The Morgan fingerprint density at radius 2 is 1.79 bits per heavy atom. The largest absolute Gasteiger partial charge is 0.396 e. The van der Waals surface area contributed by atoms with E-state index in [2.05, 4.69) is 11.6 Å². The van der Waals surface area contributed by atoms with Crippen molar-refractivity contribution in [3.63, 3.8) is 0 Å². The number of sulfonamides is 1. The molecule has 1 rings (SSSR count). The van der Waals surface area contributed by atoms with Crippen molar-refractivity contribution in [3.8, 4) is 0 Å². The lowest BCUT2D eigenvalue weighted by Gasteiger charge is -2.07. The molecule has 4 nitrogen and oxygen atoms in total. The quantitative estimate of drug-likeness (QED) is 0.683. The number of hydrogen-bond donors (Lipinski definition) is 2. The second-order valence-electron chi connectivity index (χ2n) is 4.58. The minimum absolute atomic E-state index is 0.158. The molecule has 1 aromatic rings. The fraction of sp³-hybridized carbons (Fsp3) is 0.571. The fourth-order valence-electron chi connectivity index (χ4n) is 1.83. The van der Waals surface area contributed by atoms with Gasteiger partial charge in [-0.1, -0.05) is 25.5 Å². The highest BCUT2D eigenvalue weighted by molar-refractivity contribution is 7.89. The van der Waals surface area contributed by atoms with E-state index in [-0.39, 0.29) is 6.61 Å². The molecule has 0 bridgehead atoms. The van der Waals surface area contributed by atoms with Crippen LogP contribution < -0.4 is 4.72 Å². The van der Waals surface area contributed by atoms with Gasteiger partial charge in [-0.15, -0.1) is 0 Å². The number of rotatable bonds is 9. The van der Waals surface area contributed by atoms with Crippen molar-refractivity contribution in [2.24, 2.45) is 0 Å². The van der Waals surface area contributed by atoms with Crippen molar-refractivity contribution in [2.45, 2.75) is 43.9 Å². The van der Waals surface area contributed by atoms with Crippen LogP contribution in [0.15, 0.2) is 29.2 Å². The Morgan fingerprint density at radius 1 is 1.11 bits per heavy atom. The zero-order valence-electron chi connectivity index (χ0n) is 11.4. The van der Waals surface area contributed by atoms with Gasteiger partial charge in [-0.2, -0.15) is 0 Å². The summed E-state index contributed by atoms with van der Waals surface area (Å²) >= 11 is 0. The van der Waals surface area contributed by atoms with Crippen LogP contribution >= 0.6 is 0 Å². The Labute approximate surface area is 115 Å². The van der Waals surface area contributed by atoms with Crippen molar-refractivity contribution in [1.29, 1.82) is 0 Å². The number of unbranched alkanes of at least 4 members (excludes halogenated alkanes) is 2. The zero-order valence-corrected chi connectivity index (χ0v) is 12.2. The van der Waals surface area contributed by atoms with Crippen LogP contribution in [-0.2, 0) is 16.4 Å². The van der Waals surface area contributed by atoms with Gasteiger partial charge >= 0.3 is 0 Å². The summed E-state index contributed by atoms with van der Waals surface area (Å²) in [6.07, 6.45) is 4.31. The van der Waals surface area contributed by atoms with Gasteiger partial charge in [0.2, 0.25) is 10.0 Å². The number of aliphatic hydroxyl groups excluding tert-OH is 1. The van der Waals surface area contributed by atoms with E-state index >= 15 is 0 Å². The maximum absolute atomic E-state index is 12.0. The van der Waals surface area contributed by atoms with Crippen molar-refractivity contribution in [1.82, 2.24) is 4.72 Å². The molecule has 0 amide bonds. The molecule has 0 fully saturated rings. The Bertz CT molecular complexity index is 454. The molecule has 0 saturated heterocycles. The standard InChI is InChI=1S/C14H23NO3S/c1-2-6-13-7-9-14(10-8-13)19(17,18)15-11-4-3-5-12-16/h7-10,15-16H,2-6,11-12H2,1H3. The predicted octanol–water partition coefficient (Wildman–Crippen LogP) is 2.08. The Kier molecular flexibility index (Phi) is 7.05. The molecular weight excluding hydrogens is 262 g/mol. The molecule has 0 radical (unpaired) electrons. The predicted molar refractivity (Wildman–Crippen MR) is 76.6 cm³/mol. The van der Waals surface area contributed by atoms with Crippen LogP contribution in [0.25, 0.3) is 0 Å². The Morgan fingerprint density at radius 3 is 2.37 bits per heavy atom. The SMILES string of the molecule is CCCc1ccc(S(=O)(=O)NCCCCCO)cc1.